The molecule has 4 nitrogen and oxygen atoms in total. The van der Waals surface area contributed by atoms with Crippen molar-refractivity contribution < 1.29 is 19.0 Å². The summed E-state index contributed by atoms with van der Waals surface area (Å²) in [5.41, 5.74) is -0.534. The molecule has 0 saturated carbocycles. The van der Waals surface area contributed by atoms with Crippen LogP contribution in [0.1, 0.15) is 26.3 Å². The van der Waals surface area contributed by atoms with Gasteiger partial charge in [-0.15, -0.1) is 0 Å². The maximum absolute atomic E-state index is 13.5. The summed E-state index contributed by atoms with van der Waals surface area (Å²) in [7, 11) is 1.49. The standard InChI is InChI=1S/C13H18FNO3/c1-13(2,3)18-12(17)15(4)8-9-10(14)6-5-7-11(9)16/h5-7,16H,8H2,1-4H3. The number of ether oxygens (including phenoxy) is 1. The van der Waals surface area contributed by atoms with Gasteiger partial charge in [-0.3, -0.25) is 0 Å². The van der Waals surface area contributed by atoms with E-state index >= 15 is 0 Å². The molecule has 0 saturated heterocycles. The van der Waals surface area contributed by atoms with Crippen LogP contribution in [0, 0.1) is 5.82 Å². The van der Waals surface area contributed by atoms with Crippen LogP contribution in [0.25, 0.3) is 0 Å². The zero-order chi connectivity index (χ0) is 13.9. The van der Waals surface area contributed by atoms with E-state index < -0.39 is 17.5 Å². The Labute approximate surface area is 106 Å². The summed E-state index contributed by atoms with van der Waals surface area (Å²) < 4.78 is 18.6. The molecule has 0 spiro atoms. The first kappa shape index (κ1) is 14.3. The fourth-order valence-corrected chi connectivity index (χ4v) is 1.35. The quantitative estimate of drug-likeness (QED) is 0.884. The molecule has 5 heteroatoms. The number of carbonyl (C=O) groups excluding carboxylic acids is 1. The number of carbonyl (C=O) groups is 1. The minimum Gasteiger partial charge on any atom is -0.507 e. The van der Waals surface area contributed by atoms with Gasteiger partial charge in [-0.2, -0.15) is 0 Å². The molecular formula is C13H18FNO3. The molecule has 0 aliphatic heterocycles. The molecule has 0 unspecified atom stereocenters. The second-order valence-electron chi connectivity index (χ2n) is 5.07. The lowest BCUT2D eigenvalue weighted by Gasteiger charge is -2.24. The molecule has 1 amide bonds. The highest BCUT2D eigenvalue weighted by Crippen LogP contribution is 2.21. The SMILES string of the molecule is CN(Cc1c(O)cccc1F)C(=O)OC(C)(C)C. The first-order chi connectivity index (χ1) is 8.20. The second-order valence-corrected chi connectivity index (χ2v) is 5.07. The van der Waals surface area contributed by atoms with Gasteiger partial charge in [-0.25, -0.2) is 9.18 Å². The molecule has 1 aromatic rings. The molecule has 0 atom stereocenters. The largest absolute Gasteiger partial charge is 0.507 e. The predicted molar refractivity (Wildman–Crippen MR) is 65.8 cm³/mol. The highest BCUT2D eigenvalue weighted by molar-refractivity contribution is 5.67. The van der Waals surface area contributed by atoms with Crippen LogP contribution in [0.2, 0.25) is 0 Å². The Balaban J connectivity index is 2.76. The zero-order valence-electron chi connectivity index (χ0n) is 11.0. The topological polar surface area (TPSA) is 49.8 Å². The molecule has 1 N–H and O–H groups in total. The lowest BCUT2D eigenvalue weighted by Crippen LogP contribution is -2.34. The van der Waals surface area contributed by atoms with Gasteiger partial charge in [0.2, 0.25) is 0 Å². The van der Waals surface area contributed by atoms with Crippen LogP contribution in [0.3, 0.4) is 0 Å². The maximum Gasteiger partial charge on any atom is 0.410 e. The van der Waals surface area contributed by atoms with Crippen molar-refractivity contribution >= 4 is 6.09 Å². The molecule has 100 valence electrons. The molecule has 0 aliphatic carbocycles. The number of hydrogen-bond donors (Lipinski definition) is 1. The van der Waals surface area contributed by atoms with Crippen molar-refractivity contribution in [1.82, 2.24) is 4.90 Å². The van der Waals surface area contributed by atoms with Crippen molar-refractivity contribution in [2.45, 2.75) is 32.9 Å². The van der Waals surface area contributed by atoms with E-state index in [0.29, 0.717) is 0 Å². The van der Waals surface area contributed by atoms with E-state index in [4.69, 9.17) is 4.74 Å². The number of hydrogen-bond acceptors (Lipinski definition) is 3. The number of nitrogens with zero attached hydrogens (tertiary/aromatic N) is 1. The molecule has 0 aromatic heterocycles. The van der Waals surface area contributed by atoms with Gasteiger partial charge in [0.25, 0.3) is 0 Å². The Morgan fingerprint density at radius 1 is 1.44 bits per heavy atom. The number of phenols is 1. The second kappa shape index (κ2) is 5.25. The summed E-state index contributed by atoms with van der Waals surface area (Å²) >= 11 is 0. The van der Waals surface area contributed by atoms with Gasteiger partial charge in [0.15, 0.2) is 0 Å². The van der Waals surface area contributed by atoms with Crippen LogP contribution in [-0.2, 0) is 11.3 Å². The van der Waals surface area contributed by atoms with Crippen LogP contribution < -0.4 is 0 Å². The average molecular weight is 255 g/mol. The van der Waals surface area contributed by atoms with Gasteiger partial charge in [-0.1, -0.05) is 6.07 Å². The number of amides is 1. The Morgan fingerprint density at radius 2 is 2.06 bits per heavy atom. The Bertz CT molecular complexity index is 420. The molecule has 0 radical (unpaired) electrons. The van der Waals surface area contributed by atoms with Crippen molar-refractivity contribution in [2.75, 3.05) is 7.05 Å². The van der Waals surface area contributed by atoms with Gasteiger partial charge in [0.05, 0.1) is 6.54 Å². The summed E-state index contributed by atoms with van der Waals surface area (Å²) in [5, 5.41) is 9.54. The Kier molecular flexibility index (Phi) is 4.16. The molecule has 0 fully saturated rings. The van der Waals surface area contributed by atoms with E-state index in [9.17, 15) is 14.3 Å². The highest BCUT2D eigenvalue weighted by Gasteiger charge is 2.21. The molecule has 1 aromatic carbocycles. The normalized spacial score (nSPS) is 11.2. The van der Waals surface area contributed by atoms with Crippen LogP contribution in [0.5, 0.6) is 5.75 Å². The maximum atomic E-state index is 13.5. The lowest BCUT2D eigenvalue weighted by atomic mass is 10.2. The fraction of sp³-hybridized carbons (Fsp3) is 0.462. The van der Waals surface area contributed by atoms with Gasteiger partial charge >= 0.3 is 6.09 Å². The fourth-order valence-electron chi connectivity index (χ4n) is 1.35. The van der Waals surface area contributed by atoms with Gasteiger partial charge in [-0.05, 0) is 32.9 Å². The summed E-state index contributed by atoms with van der Waals surface area (Å²) in [6.07, 6.45) is -0.565. The van der Waals surface area contributed by atoms with E-state index in [1.54, 1.807) is 20.8 Å². The third kappa shape index (κ3) is 3.91. The first-order valence-corrected chi connectivity index (χ1v) is 5.61. The smallest absolute Gasteiger partial charge is 0.410 e. The van der Waals surface area contributed by atoms with Crippen molar-refractivity contribution in [3.63, 3.8) is 0 Å². The lowest BCUT2D eigenvalue weighted by molar-refractivity contribution is 0.0283. The van der Waals surface area contributed by atoms with Crippen LogP contribution in [-0.4, -0.2) is 28.7 Å². The van der Waals surface area contributed by atoms with Crippen LogP contribution in [0.15, 0.2) is 18.2 Å². The van der Waals surface area contributed by atoms with E-state index in [1.807, 2.05) is 0 Å². The summed E-state index contributed by atoms with van der Waals surface area (Å²) in [5.74, 6) is -0.726. The third-order valence-corrected chi connectivity index (χ3v) is 2.19. The number of rotatable bonds is 2. The minimum atomic E-state index is -0.609. The van der Waals surface area contributed by atoms with Crippen molar-refractivity contribution in [2.24, 2.45) is 0 Å². The van der Waals surface area contributed by atoms with E-state index in [0.717, 1.165) is 0 Å². The Morgan fingerprint density at radius 3 is 2.56 bits per heavy atom. The van der Waals surface area contributed by atoms with E-state index in [2.05, 4.69) is 0 Å². The summed E-state index contributed by atoms with van der Waals surface area (Å²) in [4.78, 5) is 12.9. The first-order valence-electron chi connectivity index (χ1n) is 5.61. The molecule has 0 bridgehead atoms. The highest BCUT2D eigenvalue weighted by atomic mass is 19.1. The van der Waals surface area contributed by atoms with Crippen molar-refractivity contribution in [3.05, 3.63) is 29.6 Å². The minimum absolute atomic E-state index is 0.0482. The number of halogens is 1. The predicted octanol–water partition coefficient (Wildman–Crippen LogP) is 2.90. The van der Waals surface area contributed by atoms with Gasteiger partial charge in [0.1, 0.15) is 17.2 Å². The molecule has 0 aliphatic rings. The summed E-state index contributed by atoms with van der Waals surface area (Å²) in [6, 6.07) is 4.01. The molecule has 18 heavy (non-hydrogen) atoms. The van der Waals surface area contributed by atoms with Crippen LogP contribution >= 0.6 is 0 Å². The van der Waals surface area contributed by atoms with Crippen LogP contribution in [0.4, 0.5) is 9.18 Å². The van der Waals surface area contributed by atoms with E-state index in [-0.39, 0.29) is 17.9 Å². The zero-order valence-corrected chi connectivity index (χ0v) is 11.0. The third-order valence-electron chi connectivity index (χ3n) is 2.19. The van der Waals surface area contributed by atoms with E-state index in [1.165, 1.54) is 30.1 Å². The number of benzene rings is 1. The molecule has 0 heterocycles. The number of phenolic OH excluding ortho intramolecular Hbond substituents is 1. The summed E-state index contributed by atoms with van der Waals surface area (Å²) in [6.45, 7) is 5.20. The molecular weight excluding hydrogens is 237 g/mol. The van der Waals surface area contributed by atoms with Gasteiger partial charge in [0, 0.05) is 12.6 Å². The van der Waals surface area contributed by atoms with Crippen molar-refractivity contribution in [3.8, 4) is 5.75 Å². The van der Waals surface area contributed by atoms with Crippen molar-refractivity contribution in [1.29, 1.82) is 0 Å². The monoisotopic (exact) mass is 255 g/mol. The molecule has 1 rings (SSSR count). The van der Waals surface area contributed by atoms with Gasteiger partial charge < -0.3 is 14.7 Å². The average Bonchev–Trinajstić information content (AvgIpc) is 2.21. The Hall–Kier alpha value is -1.78. The number of aromatic hydroxyl groups is 1.